The van der Waals surface area contributed by atoms with Crippen LogP contribution < -0.4 is 4.74 Å². The van der Waals surface area contributed by atoms with Gasteiger partial charge in [-0.25, -0.2) is 4.79 Å². The van der Waals surface area contributed by atoms with E-state index in [2.05, 4.69) is 31.1 Å². The van der Waals surface area contributed by atoms with Crippen LogP contribution in [0, 0.1) is 0 Å². The largest absolute Gasteiger partial charge is 0.481 e. The number of fused-ring (bicyclic) bond motifs is 1. The van der Waals surface area contributed by atoms with Gasteiger partial charge in [-0.3, -0.25) is 5.10 Å². The number of methoxy groups -OCH3 is 1. The van der Waals surface area contributed by atoms with E-state index in [1.165, 1.54) is 13.2 Å². The number of rotatable bonds is 2. The fourth-order valence-electron chi connectivity index (χ4n) is 1.24. The molecular formula is C8H6BrN3O3. The smallest absolute Gasteiger partial charge is 0.336 e. The number of halogens is 1. The summed E-state index contributed by atoms with van der Waals surface area (Å²) in [6, 6.07) is 1.35. The van der Waals surface area contributed by atoms with Crippen LogP contribution >= 0.6 is 15.9 Å². The maximum Gasteiger partial charge on any atom is 0.336 e. The lowest BCUT2D eigenvalue weighted by atomic mass is 10.2. The molecule has 0 spiro atoms. The van der Waals surface area contributed by atoms with Crippen molar-refractivity contribution in [2.24, 2.45) is 0 Å². The number of nitrogens with zero attached hydrogens (tertiary/aromatic N) is 2. The van der Waals surface area contributed by atoms with Gasteiger partial charge in [-0.2, -0.15) is 10.1 Å². The second kappa shape index (κ2) is 3.50. The Labute approximate surface area is 92.4 Å². The number of carboxylic acid groups (broad SMARTS) is 1. The Morgan fingerprint density at radius 1 is 1.67 bits per heavy atom. The highest BCUT2D eigenvalue weighted by Gasteiger charge is 2.17. The van der Waals surface area contributed by atoms with Crippen LogP contribution in [0.1, 0.15) is 10.4 Å². The molecule has 0 aliphatic rings. The Balaban J connectivity index is 2.83. The van der Waals surface area contributed by atoms with E-state index in [0.717, 1.165) is 0 Å². The van der Waals surface area contributed by atoms with E-state index < -0.39 is 5.97 Å². The number of hydrogen-bond acceptors (Lipinski definition) is 4. The van der Waals surface area contributed by atoms with Crippen molar-refractivity contribution in [1.29, 1.82) is 0 Å². The molecule has 0 radical (unpaired) electrons. The van der Waals surface area contributed by atoms with Crippen LogP contribution in [-0.4, -0.2) is 33.4 Å². The maximum atomic E-state index is 11.0. The number of pyridine rings is 1. The summed E-state index contributed by atoms with van der Waals surface area (Å²) in [4.78, 5) is 15.0. The molecule has 7 heteroatoms. The van der Waals surface area contributed by atoms with E-state index in [1.807, 2.05) is 0 Å². The van der Waals surface area contributed by atoms with Crippen LogP contribution in [0.4, 0.5) is 0 Å². The number of aromatic amines is 1. The molecule has 0 fully saturated rings. The number of hydrogen-bond donors (Lipinski definition) is 2. The summed E-state index contributed by atoms with van der Waals surface area (Å²) in [5, 5.41) is 15.9. The SMILES string of the molecule is COc1cc(C(=O)O)c2c(Br)[nH]nc2n1. The number of ether oxygens (including phenoxy) is 1. The van der Waals surface area contributed by atoms with Crippen LogP contribution in [0.2, 0.25) is 0 Å². The van der Waals surface area contributed by atoms with E-state index in [0.29, 0.717) is 15.6 Å². The molecule has 0 aromatic carbocycles. The first-order chi connectivity index (χ1) is 7.13. The van der Waals surface area contributed by atoms with E-state index in [9.17, 15) is 4.79 Å². The van der Waals surface area contributed by atoms with Crippen molar-refractivity contribution >= 4 is 32.9 Å². The number of H-pyrrole nitrogens is 1. The minimum absolute atomic E-state index is 0.0949. The highest BCUT2D eigenvalue weighted by atomic mass is 79.9. The van der Waals surface area contributed by atoms with Gasteiger partial charge in [0.05, 0.1) is 18.1 Å². The number of aromatic nitrogens is 3. The van der Waals surface area contributed by atoms with Gasteiger partial charge in [0.15, 0.2) is 5.65 Å². The fourth-order valence-corrected chi connectivity index (χ4v) is 1.72. The predicted octanol–water partition coefficient (Wildman–Crippen LogP) is 1.43. The molecule has 2 heterocycles. The molecule has 2 rings (SSSR count). The van der Waals surface area contributed by atoms with Gasteiger partial charge in [0.25, 0.3) is 0 Å². The molecule has 2 N–H and O–H groups in total. The molecule has 6 nitrogen and oxygen atoms in total. The first kappa shape index (κ1) is 9.91. The zero-order chi connectivity index (χ0) is 11.0. The van der Waals surface area contributed by atoms with Gasteiger partial charge in [0.1, 0.15) is 4.60 Å². The monoisotopic (exact) mass is 271 g/mol. The van der Waals surface area contributed by atoms with Gasteiger partial charge >= 0.3 is 5.97 Å². The van der Waals surface area contributed by atoms with Gasteiger partial charge < -0.3 is 9.84 Å². The zero-order valence-electron chi connectivity index (χ0n) is 7.61. The first-order valence-electron chi connectivity index (χ1n) is 3.95. The van der Waals surface area contributed by atoms with E-state index in [1.54, 1.807) is 0 Å². The van der Waals surface area contributed by atoms with Crippen molar-refractivity contribution < 1.29 is 14.6 Å². The topological polar surface area (TPSA) is 88.1 Å². The Hall–Kier alpha value is -1.63. The molecule has 0 bridgehead atoms. The number of aromatic carboxylic acids is 1. The number of carboxylic acids is 1. The minimum Gasteiger partial charge on any atom is -0.481 e. The standard InChI is InChI=1S/C8H6BrN3O3/c1-15-4-2-3(8(13)14)5-6(9)11-12-7(5)10-4/h2H,1H3,(H,13,14)(H,10,11,12). The average Bonchev–Trinajstić information content (AvgIpc) is 2.59. The summed E-state index contributed by atoms with van der Waals surface area (Å²) in [6.07, 6.45) is 0. The second-order valence-electron chi connectivity index (χ2n) is 2.75. The summed E-state index contributed by atoms with van der Waals surface area (Å²) in [5.41, 5.74) is 0.399. The second-order valence-corrected chi connectivity index (χ2v) is 3.55. The molecule has 0 atom stereocenters. The van der Waals surface area contributed by atoms with Crippen LogP contribution in [0.25, 0.3) is 11.0 Å². The summed E-state index contributed by atoms with van der Waals surface area (Å²) in [7, 11) is 1.42. The molecule has 0 aliphatic heterocycles. The summed E-state index contributed by atoms with van der Waals surface area (Å²) in [5.74, 6) is -0.832. The lowest BCUT2D eigenvalue weighted by Crippen LogP contribution is -2.00. The highest BCUT2D eigenvalue weighted by molar-refractivity contribution is 9.10. The van der Waals surface area contributed by atoms with Crippen LogP contribution in [0.15, 0.2) is 10.7 Å². The molecule has 0 aliphatic carbocycles. The van der Waals surface area contributed by atoms with Crippen molar-refractivity contribution in [3.05, 3.63) is 16.2 Å². The Bertz CT molecular complexity index is 537. The maximum absolute atomic E-state index is 11.0. The Kier molecular flexibility index (Phi) is 2.31. The zero-order valence-corrected chi connectivity index (χ0v) is 9.20. The average molecular weight is 272 g/mol. The molecule has 0 unspecified atom stereocenters. The van der Waals surface area contributed by atoms with Crippen LogP contribution in [0.5, 0.6) is 5.88 Å². The van der Waals surface area contributed by atoms with Gasteiger partial charge in [0, 0.05) is 6.07 Å². The van der Waals surface area contributed by atoms with Gasteiger partial charge in [0.2, 0.25) is 5.88 Å². The molecular weight excluding hydrogens is 266 g/mol. The van der Waals surface area contributed by atoms with Crippen molar-refractivity contribution in [1.82, 2.24) is 15.2 Å². The number of carbonyl (C=O) groups is 1. The van der Waals surface area contributed by atoms with E-state index >= 15 is 0 Å². The summed E-state index contributed by atoms with van der Waals surface area (Å²) in [6.45, 7) is 0. The highest BCUT2D eigenvalue weighted by Crippen LogP contribution is 2.26. The van der Waals surface area contributed by atoms with Crippen molar-refractivity contribution in [2.75, 3.05) is 7.11 Å². The summed E-state index contributed by atoms with van der Waals surface area (Å²) >= 11 is 3.17. The van der Waals surface area contributed by atoms with Crippen molar-refractivity contribution in [3.63, 3.8) is 0 Å². The van der Waals surface area contributed by atoms with Gasteiger partial charge in [-0.05, 0) is 15.9 Å². The Morgan fingerprint density at radius 2 is 2.40 bits per heavy atom. The van der Waals surface area contributed by atoms with Crippen molar-refractivity contribution in [3.8, 4) is 5.88 Å². The third kappa shape index (κ3) is 1.54. The summed E-state index contributed by atoms with van der Waals surface area (Å²) < 4.78 is 5.37. The van der Waals surface area contributed by atoms with Crippen LogP contribution in [0.3, 0.4) is 0 Å². The molecule has 0 saturated carbocycles. The molecule has 2 aromatic heterocycles. The first-order valence-corrected chi connectivity index (χ1v) is 4.74. The molecule has 78 valence electrons. The predicted molar refractivity (Wildman–Crippen MR) is 55.1 cm³/mol. The van der Waals surface area contributed by atoms with Crippen LogP contribution in [-0.2, 0) is 0 Å². The third-order valence-electron chi connectivity index (χ3n) is 1.90. The number of nitrogens with one attached hydrogen (secondary N) is 1. The molecule has 0 saturated heterocycles. The molecule has 0 amide bonds. The quantitative estimate of drug-likeness (QED) is 0.863. The third-order valence-corrected chi connectivity index (χ3v) is 2.47. The van der Waals surface area contributed by atoms with E-state index in [-0.39, 0.29) is 11.4 Å². The van der Waals surface area contributed by atoms with Gasteiger partial charge in [-0.15, -0.1) is 0 Å². The van der Waals surface area contributed by atoms with Gasteiger partial charge in [-0.1, -0.05) is 0 Å². The van der Waals surface area contributed by atoms with Crippen molar-refractivity contribution in [2.45, 2.75) is 0 Å². The normalized spacial score (nSPS) is 10.5. The Morgan fingerprint density at radius 3 is 3.00 bits per heavy atom. The molecule has 15 heavy (non-hydrogen) atoms. The lowest BCUT2D eigenvalue weighted by Gasteiger charge is -2.01. The lowest BCUT2D eigenvalue weighted by molar-refractivity contribution is 0.0698. The fraction of sp³-hybridized carbons (Fsp3) is 0.125. The minimum atomic E-state index is -1.05. The van der Waals surface area contributed by atoms with E-state index in [4.69, 9.17) is 9.84 Å². The molecule has 2 aromatic rings.